The van der Waals surface area contributed by atoms with E-state index in [0.717, 1.165) is 19.3 Å². The summed E-state index contributed by atoms with van der Waals surface area (Å²) in [6.07, 6.45) is 4.93. The number of nitrogens with one attached hydrogen (secondary N) is 1. The molecule has 1 aromatic rings. The standard InChI is InChI=1S/C12H19N5O2/c1-16(7-10-13-9-14-15-10)12(19)8-17-6-4-2-3-5-11(17)18/h9H,2-8H2,1H3,(H,13,14,15). The first-order chi connectivity index (χ1) is 9.16. The summed E-state index contributed by atoms with van der Waals surface area (Å²) in [5, 5.41) is 6.45. The van der Waals surface area contributed by atoms with Crippen molar-refractivity contribution in [2.45, 2.75) is 32.2 Å². The van der Waals surface area contributed by atoms with Gasteiger partial charge in [-0.3, -0.25) is 14.7 Å². The number of carbonyl (C=O) groups is 2. The molecule has 2 amide bonds. The van der Waals surface area contributed by atoms with Gasteiger partial charge < -0.3 is 9.80 Å². The largest absolute Gasteiger partial charge is 0.337 e. The Morgan fingerprint density at radius 3 is 3.05 bits per heavy atom. The van der Waals surface area contributed by atoms with Crippen LogP contribution in [0.3, 0.4) is 0 Å². The van der Waals surface area contributed by atoms with Gasteiger partial charge in [0, 0.05) is 20.0 Å². The third kappa shape index (κ3) is 3.77. The average Bonchev–Trinajstić information content (AvgIpc) is 2.81. The number of nitrogens with zero attached hydrogens (tertiary/aromatic N) is 4. The third-order valence-electron chi connectivity index (χ3n) is 3.28. The topological polar surface area (TPSA) is 82.2 Å². The summed E-state index contributed by atoms with van der Waals surface area (Å²) in [5.41, 5.74) is 0. The lowest BCUT2D eigenvalue weighted by Crippen LogP contribution is -2.41. The van der Waals surface area contributed by atoms with E-state index in [1.54, 1.807) is 16.8 Å². The van der Waals surface area contributed by atoms with Crippen LogP contribution in [0.1, 0.15) is 31.5 Å². The van der Waals surface area contributed by atoms with Gasteiger partial charge in [0.05, 0.1) is 13.1 Å². The molecule has 104 valence electrons. The van der Waals surface area contributed by atoms with Crippen molar-refractivity contribution >= 4 is 11.8 Å². The van der Waals surface area contributed by atoms with Crippen molar-refractivity contribution in [2.24, 2.45) is 0 Å². The van der Waals surface area contributed by atoms with Crippen LogP contribution in [0.15, 0.2) is 6.33 Å². The molecular weight excluding hydrogens is 246 g/mol. The van der Waals surface area contributed by atoms with Gasteiger partial charge in [0.15, 0.2) is 0 Å². The van der Waals surface area contributed by atoms with Crippen molar-refractivity contribution in [3.63, 3.8) is 0 Å². The molecule has 0 aliphatic carbocycles. The zero-order valence-electron chi connectivity index (χ0n) is 11.1. The number of carbonyl (C=O) groups excluding carboxylic acids is 2. The molecule has 0 bridgehead atoms. The Hall–Kier alpha value is -1.92. The minimum atomic E-state index is -0.0772. The Labute approximate surface area is 112 Å². The van der Waals surface area contributed by atoms with Crippen LogP contribution in [-0.4, -0.2) is 56.9 Å². The number of amides is 2. The zero-order valence-corrected chi connectivity index (χ0v) is 11.1. The van der Waals surface area contributed by atoms with Crippen molar-refractivity contribution in [1.82, 2.24) is 25.0 Å². The first-order valence-corrected chi connectivity index (χ1v) is 6.53. The minimum absolute atomic E-state index is 0.0772. The molecule has 1 saturated heterocycles. The lowest BCUT2D eigenvalue weighted by atomic mass is 10.2. The Balaban J connectivity index is 1.86. The fourth-order valence-corrected chi connectivity index (χ4v) is 2.11. The van der Waals surface area contributed by atoms with Crippen LogP contribution in [0.2, 0.25) is 0 Å². The summed E-state index contributed by atoms with van der Waals surface area (Å²) in [7, 11) is 1.70. The van der Waals surface area contributed by atoms with Crippen LogP contribution in [0.25, 0.3) is 0 Å². The molecule has 7 nitrogen and oxygen atoms in total. The van der Waals surface area contributed by atoms with Gasteiger partial charge in [0.25, 0.3) is 0 Å². The molecule has 0 unspecified atom stereocenters. The number of likely N-dealkylation sites (N-methyl/N-ethyl adjacent to an activating group) is 1. The first-order valence-electron chi connectivity index (χ1n) is 6.53. The number of H-pyrrole nitrogens is 1. The molecule has 2 rings (SSSR count). The van der Waals surface area contributed by atoms with Gasteiger partial charge in [0.1, 0.15) is 12.2 Å². The number of hydrogen-bond acceptors (Lipinski definition) is 4. The first kappa shape index (κ1) is 13.5. The second kappa shape index (κ2) is 6.31. The number of aromatic amines is 1. The molecule has 1 fully saturated rings. The molecule has 2 heterocycles. The van der Waals surface area contributed by atoms with Gasteiger partial charge in [-0.15, -0.1) is 0 Å². The molecule has 1 N–H and O–H groups in total. The molecular formula is C12H19N5O2. The van der Waals surface area contributed by atoms with E-state index in [1.165, 1.54) is 6.33 Å². The molecule has 1 aromatic heterocycles. The van der Waals surface area contributed by atoms with E-state index in [-0.39, 0.29) is 18.4 Å². The van der Waals surface area contributed by atoms with Crippen LogP contribution in [-0.2, 0) is 16.1 Å². The smallest absolute Gasteiger partial charge is 0.242 e. The molecule has 19 heavy (non-hydrogen) atoms. The monoisotopic (exact) mass is 265 g/mol. The lowest BCUT2D eigenvalue weighted by Gasteiger charge is -2.23. The summed E-state index contributed by atoms with van der Waals surface area (Å²) in [5.74, 6) is 0.642. The zero-order chi connectivity index (χ0) is 13.7. The second-order valence-corrected chi connectivity index (χ2v) is 4.81. The highest BCUT2D eigenvalue weighted by Gasteiger charge is 2.21. The van der Waals surface area contributed by atoms with Crippen molar-refractivity contribution in [3.8, 4) is 0 Å². The van der Waals surface area contributed by atoms with E-state index in [9.17, 15) is 9.59 Å². The van der Waals surface area contributed by atoms with E-state index in [2.05, 4.69) is 15.2 Å². The van der Waals surface area contributed by atoms with Crippen LogP contribution >= 0.6 is 0 Å². The van der Waals surface area contributed by atoms with Crippen LogP contribution < -0.4 is 0 Å². The summed E-state index contributed by atoms with van der Waals surface area (Å²) in [6, 6.07) is 0. The number of aromatic nitrogens is 3. The van der Waals surface area contributed by atoms with E-state index in [0.29, 0.717) is 25.3 Å². The van der Waals surface area contributed by atoms with E-state index < -0.39 is 0 Å². The SMILES string of the molecule is CN(Cc1ncn[nH]1)C(=O)CN1CCCCCC1=O. The quantitative estimate of drug-likeness (QED) is 0.841. The van der Waals surface area contributed by atoms with Gasteiger partial charge in [-0.25, -0.2) is 4.98 Å². The average molecular weight is 265 g/mol. The fraction of sp³-hybridized carbons (Fsp3) is 0.667. The number of rotatable bonds is 4. The summed E-state index contributed by atoms with van der Waals surface area (Å²) in [6.45, 7) is 1.21. The molecule has 0 aromatic carbocycles. The Bertz CT molecular complexity index is 431. The highest BCUT2D eigenvalue weighted by Crippen LogP contribution is 2.11. The maximum atomic E-state index is 12.1. The molecule has 0 saturated carbocycles. The fourth-order valence-electron chi connectivity index (χ4n) is 2.11. The maximum Gasteiger partial charge on any atom is 0.242 e. The van der Waals surface area contributed by atoms with Crippen molar-refractivity contribution in [1.29, 1.82) is 0 Å². The molecule has 1 aliphatic heterocycles. The van der Waals surface area contributed by atoms with Crippen molar-refractivity contribution in [3.05, 3.63) is 12.2 Å². The number of hydrogen-bond donors (Lipinski definition) is 1. The van der Waals surface area contributed by atoms with Gasteiger partial charge in [-0.05, 0) is 12.8 Å². The van der Waals surface area contributed by atoms with E-state index >= 15 is 0 Å². The summed E-state index contributed by atoms with van der Waals surface area (Å²) in [4.78, 5) is 31.1. The molecule has 0 radical (unpaired) electrons. The highest BCUT2D eigenvalue weighted by atomic mass is 16.2. The van der Waals surface area contributed by atoms with Crippen molar-refractivity contribution in [2.75, 3.05) is 20.1 Å². The van der Waals surface area contributed by atoms with Gasteiger partial charge >= 0.3 is 0 Å². The predicted octanol–water partition coefficient (Wildman–Crippen LogP) is 0.166. The molecule has 7 heteroatoms. The van der Waals surface area contributed by atoms with Crippen LogP contribution in [0.5, 0.6) is 0 Å². The van der Waals surface area contributed by atoms with Gasteiger partial charge in [0.2, 0.25) is 11.8 Å². The van der Waals surface area contributed by atoms with Crippen LogP contribution in [0.4, 0.5) is 0 Å². The van der Waals surface area contributed by atoms with Crippen molar-refractivity contribution < 1.29 is 9.59 Å². The molecule has 1 aliphatic rings. The summed E-state index contributed by atoms with van der Waals surface area (Å²) >= 11 is 0. The lowest BCUT2D eigenvalue weighted by molar-refractivity contribution is -0.139. The predicted molar refractivity (Wildman–Crippen MR) is 67.9 cm³/mol. The normalized spacial score (nSPS) is 16.3. The highest BCUT2D eigenvalue weighted by molar-refractivity contribution is 5.84. The van der Waals surface area contributed by atoms with Crippen LogP contribution in [0, 0.1) is 0 Å². The molecule has 0 spiro atoms. The summed E-state index contributed by atoms with van der Waals surface area (Å²) < 4.78 is 0. The Morgan fingerprint density at radius 2 is 2.32 bits per heavy atom. The Morgan fingerprint density at radius 1 is 1.47 bits per heavy atom. The Kier molecular flexibility index (Phi) is 4.48. The van der Waals surface area contributed by atoms with E-state index in [4.69, 9.17) is 0 Å². The maximum absolute atomic E-state index is 12.1. The molecule has 0 atom stereocenters. The number of likely N-dealkylation sites (tertiary alicyclic amines) is 1. The van der Waals surface area contributed by atoms with Gasteiger partial charge in [-0.2, -0.15) is 5.10 Å². The second-order valence-electron chi connectivity index (χ2n) is 4.81. The van der Waals surface area contributed by atoms with E-state index in [1.807, 2.05) is 0 Å². The third-order valence-corrected chi connectivity index (χ3v) is 3.28. The minimum Gasteiger partial charge on any atom is -0.337 e. The van der Waals surface area contributed by atoms with Gasteiger partial charge in [-0.1, -0.05) is 6.42 Å².